The van der Waals surface area contributed by atoms with Crippen molar-refractivity contribution in [1.82, 2.24) is 19.7 Å². The lowest BCUT2D eigenvalue weighted by molar-refractivity contribution is -0.121. The third-order valence-corrected chi connectivity index (χ3v) is 5.86. The number of ether oxygens (including phenoxy) is 1. The van der Waals surface area contributed by atoms with Crippen LogP contribution in [0.1, 0.15) is 18.4 Å². The van der Waals surface area contributed by atoms with Gasteiger partial charge >= 0.3 is 0 Å². The number of methoxy groups -OCH3 is 1. The van der Waals surface area contributed by atoms with Gasteiger partial charge in [-0.15, -0.1) is 0 Å². The van der Waals surface area contributed by atoms with Crippen molar-refractivity contribution in [2.45, 2.75) is 25.9 Å². The number of aryl methyl sites for hydroxylation is 2. The van der Waals surface area contributed by atoms with Crippen molar-refractivity contribution in [3.63, 3.8) is 0 Å². The largest absolute Gasteiger partial charge is 0.496 e. The molecule has 31 heavy (non-hydrogen) atoms. The smallest absolute Gasteiger partial charge is 0.291 e. The van der Waals surface area contributed by atoms with Crippen LogP contribution in [0.3, 0.4) is 0 Å². The monoisotopic (exact) mass is 482 g/mol. The number of hydrogen-bond donors (Lipinski definition) is 1. The number of nitrogens with zero attached hydrogens (tertiary/aromatic N) is 3. The molecule has 0 atom stereocenters. The van der Waals surface area contributed by atoms with Crippen LogP contribution in [0.2, 0.25) is 0 Å². The van der Waals surface area contributed by atoms with Crippen molar-refractivity contribution in [3.05, 3.63) is 69.1 Å². The molecule has 0 bridgehead atoms. The topological polar surface area (TPSA) is 78.2 Å². The van der Waals surface area contributed by atoms with Crippen molar-refractivity contribution in [1.29, 1.82) is 0 Å². The summed E-state index contributed by atoms with van der Waals surface area (Å²) < 4.78 is 9.63. The number of halogens is 1. The first-order valence-corrected chi connectivity index (χ1v) is 10.8. The number of fused-ring (bicyclic) bond motifs is 3. The zero-order chi connectivity index (χ0) is 22.0. The molecule has 0 aliphatic heterocycles. The van der Waals surface area contributed by atoms with E-state index in [0.717, 1.165) is 32.1 Å². The molecule has 1 N–H and O–H groups in total. The number of amides is 1. The van der Waals surface area contributed by atoms with Gasteiger partial charge in [0.1, 0.15) is 11.3 Å². The van der Waals surface area contributed by atoms with Gasteiger partial charge in [0.2, 0.25) is 5.91 Å². The molecule has 0 fully saturated rings. The van der Waals surface area contributed by atoms with Crippen LogP contribution < -0.4 is 15.6 Å². The van der Waals surface area contributed by atoms with E-state index >= 15 is 0 Å². The summed E-state index contributed by atoms with van der Waals surface area (Å²) in [7, 11) is 3.26. The Morgan fingerprint density at radius 3 is 2.81 bits per heavy atom. The van der Waals surface area contributed by atoms with E-state index in [1.165, 1.54) is 4.68 Å². The number of para-hydroxylation sites is 1. The van der Waals surface area contributed by atoms with Gasteiger partial charge in [0.05, 0.1) is 13.3 Å². The van der Waals surface area contributed by atoms with Crippen LogP contribution in [0.15, 0.2) is 57.9 Å². The highest BCUT2D eigenvalue weighted by atomic mass is 79.9. The van der Waals surface area contributed by atoms with Crippen molar-refractivity contribution in [2.75, 3.05) is 7.11 Å². The minimum Gasteiger partial charge on any atom is -0.496 e. The molecule has 0 unspecified atom stereocenters. The predicted molar refractivity (Wildman–Crippen MR) is 124 cm³/mol. The Morgan fingerprint density at radius 2 is 2.00 bits per heavy atom. The first-order valence-electron chi connectivity index (χ1n) is 10.0. The van der Waals surface area contributed by atoms with E-state index in [4.69, 9.17) is 4.74 Å². The fraction of sp³-hybridized carbons (Fsp3) is 0.261. The summed E-state index contributed by atoms with van der Waals surface area (Å²) in [4.78, 5) is 25.2. The third kappa shape index (κ3) is 4.20. The molecular formula is C23H23BrN4O3. The summed E-state index contributed by atoms with van der Waals surface area (Å²) in [6.45, 7) is 0.958. The Balaban J connectivity index is 1.47. The molecule has 0 aliphatic carbocycles. The lowest BCUT2D eigenvalue weighted by Crippen LogP contribution is -2.24. The van der Waals surface area contributed by atoms with E-state index < -0.39 is 0 Å². The average Bonchev–Trinajstić information content (AvgIpc) is 3.09. The zero-order valence-electron chi connectivity index (χ0n) is 17.4. The van der Waals surface area contributed by atoms with Crippen molar-refractivity contribution >= 4 is 43.6 Å². The Bertz CT molecular complexity index is 1330. The summed E-state index contributed by atoms with van der Waals surface area (Å²) in [5, 5.41) is 8.95. The number of rotatable bonds is 7. The summed E-state index contributed by atoms with van der Waals surface area (Å²) in [6, 6.07) is 13.6. The van der Waals surface area contributed by atoms with Gasteiger partial charge in [-0.1, -0.05) is 34.1 Å². The Kier molecular flexibility index (Phi) is 6.08. The standard InChI is InChI=1S/C23H23BrN4O3/c1-27-23(30)22-18(14-26-27)17-6-3-4-7-19(17)28(22)11-5-8-21(29)25-13-15-12-16(24)9-10-20(15)31-2/h3-4,6-7,9-10,12,14H,5,8,11,13H2,1-2H3,(H,25,29). The highest BCUT2D eigenvalue weighted by Crippen LogP contribution is 2.26. The van der Waals surface area contributed by atoms with Gasteiger partial charge in [0.25, 0.3) is 5.56 Å². The third-order valence-electron chi connectivity index (χ3n) is 5.37. The molecule has 0 saturated carbocycles. The van der Waals surface area contributed by atoms with Gasteiger partial charge in [0, 0.05) is 52.9 Å². The van der Waals surface area contributed by atoms with E-state index in [2.05, 4.69) is 26.3 Å². The Hall–Kier alpha value is -3.13. The molecule has 2 aromatic heterocycles. The maximum absolute atomic E-state index is 12.7. The summed E-state index contributed by atoms with van der Waals surface area (Å²) in [5.74, 6) is 0.690. The van der Waals surface area contributed by atoms with Gasteiger partial charge in [0.15, 0.2) is 0 Å². The molecule has 7 nitrogen and oxygen atoms in total. The summed E-state index contributed by atoms with van der Waals surface area (Å²) in [5.41, 5.74) is 2.36. The van der Waals surface area contributed by atoms with E-state index in [9.17, 15) is 9.59 Å². The Morgan fingerprint density at radius 1 is 1.19 bits per heavy atom. The molecular weight excluding hydrogens is 460 g/mol. The zero-order valence-corrected chi connectivity index (χ0v) is 19.0. The lowest BCUT2D eigenvalue weighted by atomic mass is 10.2. The second kappa shape index (κ2) is 8.93. The first kappa shape index (κ1) is 21.1. The molecule has 0 radical (unpaired) electrons. The molecule has 8 heteroatoms. The quantitative estimate of drug-likeness (QED) is 0.435. The van der Waals surface area contributed by atoms with Crippen molar-refractivity contribution in [3.8, 4) is 5.75 Å². The second-order valence-electron chi connectivity index (χ2n) is 7.34. The molecule has 1 amide bonds. The maximum Gasteiger partial charge on any atom is 0.291 e. The molecule has 2 aromatic carbocycles. The number of benzene rings is 2. The summed E-state index contributed by atoms with van der Waals surface area (Å²) in [6.07, 6.45) is 2.70. The molecule has 0 aliphatic rings. The summed E-state index contributed by atoms with van der Waals surface area (Å²) >= 11 is 3.44. The van der Waals surface area contributed by atoms with Gasteiger partial charge in [-0.3, -0.25) is 9.59 Å². The molecule has 4 rings (SSSR count). The van der Waals surface area contributed by atoms with Crippen molar-refractivity contribution < 1.29 is 9.53 Å². The number of hydrogen-bond acceptors (Lipinski definition) is 4. The van der Waals surface area contributed by atoms with Crippen LogP contribution in [0, 0.1) is 0 Å². The fourth-order valence-corrected chi connectivity index (χ4v) is 4.25. The number of carbonyl (C=O) groups excluding carboxylic acids is 1. The molecule has 4 aromatic rings. The fourth-order valence-electron chi connectivity index (χ4n) is 3.84. The minimum absolute atomic E-state index is 0.0441. The average molecular weight is 483 g/mol. The lowest BCUT2D eigenvalue weighted by Gasteiger charge is -2.11. The van der Waals surface area contributed by atoms with E-state index in [1.54, 1.807) is 20.4 Å². The molecule has 2 heterocycles. The van der Waals surface area contributed by atoms with E-state index in [1.807, 2.05) is 47.0 Å². The van der Waals surface area contributed by atoms with E-state index in [0.29, 0.717) is 31.4 Å². The second-order valence-corrected chi connectivity index (χ2v) is 8.26. The van der Waals surface area contributed by atoms with Crippen molar-refractivity contribution in [2.24, 2.45) is 7.05 Å². The van der Waals surface area contributed by atoms with Crippen LogP contribution in [0.25, 0.3) is 21.8 Å². The number of aromatic nitrogens is 3. The molecule has 160 valence electrons. The van der Waals surface area contributed by atoms with Gasteiger partial charge in [-0.05, 0) is 30.7 Å². The van der Waals surface area contributed by atoms with Gasteiger partial charge in [-0.2, -0.15) is 5.10 Å². The van der Waals surface area contributed by atoms with Crippen LogP contribution in [-0.4, -0.2) is 27.4 Å². The van der Waals surface area contributed by atoms with Crippen LogP contribution >= 0.6 is 15.9 Å². The van der Waals surface area contributed by atoms with Crippen LogP contribution in [0.5, 0.6) is 5.75 Å². The predicted octanol–water partition coefficient (Wildman–Crippen LogP) is 3.76. The SMILES string of the molecule is COc1ccc(Br)cc1CNC(=O)CCCn1c2ccccc2c2cnn(C)c(=O)c21. The maximum atomic E-state index is 12.7. The van der Waals surface area contributed by atoms with Gasteiger partial charge in [-0.25, -0.2) is 4.68 Å². The van der Waals surface area contributed by atoms with Gasteiger partial charge < -0.3 is 14.6 Å². The number of nitrogens with one attached hydrogen (secondary N) is 1. The van der Waals surface area contributed by atoms with Crippen LogP contribution in [-0.2, 0) is 24.9 Å². The Labute approximate surface area is 187 Å². The molecule has 0 saturated heterocycles. The number of carbonyl (C=O) groups is 1. The molecule has 0 spiro atoms. The minimum atomic E-state index is -0.139. The normalized spacial score (nSPS) is 11.2. The van der Waals surface area contributed by atoms with E-state index in [-0.39, 0.29) is 11.5 Å². The van der Waals surface area contributed by atoms with Crippen LogP contribution in [0.4, 0.5) is 0 Å². The highest BCUT2D eigenvalue weighted by Gasteiger charge is 2.15. The highest BCUT2D eigenvalue weighted by molar-refractivity contribution is 9.10. The first-order chi connectivity index (χ1) is 15.0.